The normalized spacial score (nSPS) is 10.4. The van der Waals surface area contributed by atoms with Crippen LogP contribution in [0.5, 0.6) is 0 Å². The number of para-hydroxylation sites is 1. The van der Waals surface area contributed by atoms with E-state index in [2.05, 4.69) is 11.6 Å². The van der Waals surface area contributed by atoms with Crippen LogP contribution in [0.25, 0.3) is 10.9 Å². The molecule has 0 saturated heterocycles. The summed E-state index contributed by atoms with van der Waals surface area (Å²) in [6.07, 6.45) is 3.48. The Labute approximate surface area is 100 Å². The molecule has 3 heteroatoms. The van der Waals surface area contributed by atoms with E-state index in [4.69, 9.17) is 4.74 Å². The maximum Gasteiger partial charge on any atom is 0.354 e. The van der Waals surface area contributed by atoms with Gasteiger partial charge in [0.1, 0.15) is 5.69 Å². The number of aromatic nitrogens is 1. The fourth-order valence-electron chi connectivity index (χ4n) is 1.98. The average molecular weight is 229 g/mol. The number of carbonyl (C=O) groups excluding carboxylic acids is 1. The number of H-pyrrole nitrogens is 1. The van der Waals surface area contributed by atoms with Crippen LogP contribution in [0, 0.1) is 0 Å². The Morgan fingerprint density at radius 1 is 1.47 bits per heavy atom. The number of methoxy groups -OCH3 is 1. The van der Waals surface area contributed by atoms with Crippen molar-refractivity contribution in [1.82, 2.24) is 4.98 Å². The lowest BCUT2D eigenvalue weighted by molar-refractivity contribution is 0.0594. The molecule has 2 rings (SSSR count). The van der Waals surface area contributed by atoms with Gasteiger partial charge in [-0.1, -0.05) is 24.3 Å². The van der Waals surface area contributed by atoms with E-state index in [0.717, 1.165) is 29.3 Å². The number of ether oxygens (including phenoxy) is 1. The van der Waals surface area contributed by atoms with E-state index in [1.54, 1.807) is 0 Å². The van der Waals surface area contributed by atoms with Crippen LogP contribution in [-0.4, -0.2) is 18.1 Å². The molecule has 0 aliphatic carbocycles. The number of nitrogens with one attached hydrogen (secondary N) is 1. The lowest BCUT2D eigenvalue weighted by Gasteiger charge is -2.01. The summed E-state index contributed by atoms with van der Waals surface area (Å²) in [7, 11) is 1.39. The van der Waals surface area contributed by atoms with Gasteiger partial charge in [-0.3, -0.25) is 0 Å². The Hall–Kier alpha value is -2.03. The lowest BCUT2D eigenvalue weighted by atomic mass is 10.1. The minimum absolute atomic E-state index is 0.319. The van der Waals surface area contributed by atoms with Gasteiger partial charge in [0, 0.05) is 10.9 Å². The van der Waals surface area contributed by atoms with Crippen LogP contribution in [0.2, 0.25) is 0 Å². The first-order valence-electron chi connectivity index (χ1n) is 5.56. The second-order valence-electron chi connectivity index (χ2n) is 3.84. The topological polar surface area (TPSA) is 42.1 Å². The van der Waals surface area contributed by atoms with Crippen LogP contribution in [0.1, 0.15) is 22.5 Å². The van der Waals surface area contributed by atoms with E-state index in [-0.39, 0.29) is 5.97 Å². The molecule has 0 radical (unpaired) electrons. The largest absolute Gasteiger partial charge is 0.464 e. The number of benzene rings is 1. The molecule has 88 valence electrons. The summed E-state index contributed by atoms with van der Waals surface area (Å²) in [5.74, 6) is -0.319. The number of aryl methyl sites for hydroxylation is 1. The van der Waals surface area contributed by atoms with Crippen LogP contribution in [0.3, 0.4) is 0 Å². The molecule has 0 atom stereocenters. The summed E-state index contributed by atoms with van der Waals surface area (Å²) in [6, 6.07) is 7.88. The zero-order valence-electron chi connectivity index (χ0n) is 9.82. The molecule has 0 bridgehead atoms. The Balaban J connectivity index is 2.56. The summed E-state index contributed by atoms with van der Waals surface area (Å²) >= 11 is 0. The Morgan fingerprint density at radius 3 is 2.94 bits per heavy atom. The second-order valence-corrected chi connectivity index (χ2v) is 3.84. The van der Waals surface area contributed by atoms with E-state index in [1.807, 2.05) is 30.3 Å². The van der Waals surface area contributed by atoms with E-state index >= 15 is 0 Å². The predicted molar refractivity (Wildman–Crippen MR) is 68.2 cm³/mol. The molecule has 0 saturated carbocycles. The monoisotopic (exact) mass is 229 g/mol. The number of esters is 1. The number of fused-ring (bicyclic) bond motifs is 1. The summed E-state index contributed by atoms with van der Waals surface area (Å²) in [5, 5.41) is 1.08. The number of hydrogen-bond acceptors (Lipinski definition) is 2. The molecule has 3 nitrogen and oxygen atoms in total. The van der Waals surface area contributed by atoms with Crippen molar-refractivity contribution in [3.8, 4) is 0 Å². The van der Waals surface area contributed by atoms with Crippen molar-refractivity contribution in [2.24, 2.45) is 0 Å². The molecule has 0 unspecified atom stereocenters. The Morgan fingerprint density at radius 2 is 2.24 bits per heavy atom. The van der Waals surface area contributed by atoms with Gasteiger partial charge >= 0.3 is 5.97 Å². The second kappa shape index (κ2) is 4.87. The molecule has 0 spiro atoms. The molecular formula is C14H15NO2. The molecule has 1 heterocycles. The van der Waals surface area contributed by atoms with Crippen LogP contribution >= 0.6 is 0 Å². The molecule has 1 aromatic heterocycles. The van der Waals surface area contributed by atoms with Crippen molar-refractivity contribution in [2.75, 3.05) is 7.11 Å². The van der Waals surface area contributed by atoms with Gasteiger partial charge < -0.3 is 9.72 Å². The number of allylic oxidation sites excluding steroid dienone is 1. The highest BCUT2D eigenvalue weighted by Gasteiger charge is 2.16. The fourth-order valence-corrected chi connectivity index (χ4v) is 1.98. The van der Waals surface area contributed by atoms with Gasteiger partial charge in [-0.15, -0.1) is 6.58 Å². The zero-order chi connectivity index (χ0) is 12.3. The van der Waals surface area contributed by atoms with E-state index in [1.165, 1.54) is 7.11 Å². The average Bonchev–Trinajstić information content (AvgIpc) is 2.74. The van der Waals surface area contributed by atoms with Crippen LogP contribution in [0.4, 0.5) is 0 Å². The SMILES string of the molecule is C=CCCc1c(C(=O)OC)[nH]c2ccccc12. The predicted octanol–water partition coefficient (Wildman–Crippen LogP) is 3.07. The van der Waals surface area contributed by atoms with E-state index in [0.29, 0.717) is 5.69 Å². The maximum absolute atomic E-state index is 11.7. The number of aromatic amines is 1. The highest BCUT2D eigenvalue weighted by molar-refractivity contribution is 5.98. The van der Waals surface area contributed by atoms with Crippen molar-refractivity contribution in [1.29, 1.82) is 0 Å². The third kappa shape index (κ3) is 2.09. The molecular weight excluding hydrogens is 214 g/mol. The van der Waals surface area contributed by atoms with Gasteiger partial charge in [0.25, 0.3) is 0 Å². The minimum atomic E-state index is -0.319. The third-order valence-electron chi connectivity index (χ3n) is 2.80. The van der Waals surface area contributed by atoms with Crippen LogP contribution < -0.4 is 0 Å². The van der Waals surface area contributed by atoms with Crippen molar-refractivity contribution < 1.29 is 9.53 Å². The summed E-state index contributed by atoms with van der Waals surface area (Å²) < 4.78 is 4.79. The van der Waals surface area contributed by atoms with Gasteiger partial charge in [-0.2, -0.15) is 0 Å². The highest BCUT2D eigenvalue weighted by Crippen LogP contribution is 2.24. The van der Waals surface area contributed by atoms with Gasteiger partial charge in [0.15, 0.2) is 0 Å². The fraction of sp³-hybridized carbons (Fsp3) is 0.214. The van der Waals surface area contributed by atoms with Crippen molar-refractivity contribution in [3.05, 3.63) is 48.2 Å². The number of carbonyl (C=O) groups is 1. The van der Waals surface area contributed by atoms with Crippen molar-refractivity contribution in [2.45, 2.75) is 12.8 Å². The Bertz CT molecular complexity index is 554. The highest BCUT2D eigenvalue weighted by atomic mass is 16.5. The lowest BCUT2D eigenvalue weighted by Crippen LogP contribution is -2.05. The molecule has 1 N–H and O–H groups in total. The first kappa shape index (κ1) is 11.5. The Kier molecular flexibility index (Phi) is 3.28. The third-order valence-corrected chi connectivity index (χ3v) is 2.80. The van der Waals surface area contributed by atoms with Crippen LogP contribution in [0.15, 0.2) is 36.9 Å². The van der Waals surface area contributed by atoms with E-state index in [9.17, 15) is 4.79 Å². The summed E-state index contributed by atoms with van der Waals surface area (Å²) in [6.45, 7) is 3.71. The quantitative estimate of drug-likeness (QED) is 0.646. The number of hydrogen-bond donors (Lipinski definition) is 1. The van der Waals surface area contributed by atoms with E-state index < -0.39 is 0 Å². The zero-order valence-corrected chi connectivity index (χ0v) is 9.82. The van der Waals surface area contributed by atoms with Crippen molar-refractivity contribution >= 4 is 16.9 Å². The maximum atomic E-state index is 11.7. The molecule has 17 heavy (non-hydrogen) atoms. The standard InChI is InChI=1S/C14H15NO2/c1-3-4-7-11-10-8-5-6-9-12(10)15-13(11)14(16)17-2/h3,5-6,8-9,15H,1,4,7H2,2H3. The molecule has 0 amide bonds. The summed E-state index contributed by atoms with van der Waals surface area (Å²) in [4.78, 5) is 14.8. The first-order chi connectivity index (χ1) is 8.27. The van der Waals surface area contributed by atoms with Crippen molar-refractivity contribution in [3.63, 3.8) is 0 Å². The molecule has 1 aromatic carbocycles. The molecule has 0 aliphatic rings. The molecule has 0 aliphatic heterocycles. The smallest absolute Gasteiger partial charge is 0.354 e. The van der Waals surface area contributed by atoms with Gasteiger partial charge in [-0.05, 0) is 24.5 Å². The first-order valence-corrected chi connectivity index (χ1v) is 5.56. The van der Waals surface area contributed by atoms with Gasteiger partial charge in [0.2, 0.25) is 0 Å². The number of rotatable bonds is 4. The van der Waals surface area contributed by atoms with Gasteiger partial charge in [0.05, 0.1) is 7.11 Å². The summed E-state index contributed by atoms with van der Waals surface area (Å²) in [5.41, 5.74) is 2.52. The minimum Gasteiger partial charge on any atom is -0.464 e. The molecule has 2 aromatic rings. The van der Waals surface area contributed by atoms with Crippen LogP contribution in [-0.2, 0) is 11.2 Å². The van der Waals surface area contributed by atoms with Gasteiger partial charge in [-0.25, -0.2) is 4.79 Å². The molecule has 0 fully saturated rings.